The van der Waals surface area contributed by atoms with Gasteiger partial charge in [-0.05, 0) is 53.1 Å². The largest absolute Gasteiger partial charge is 0.480 e. The lowest BCUT2D eigenvalue weighted by atomic mass is 9.91. The number of hydrogen-bond donors (Lipinski definition) is 2. The van der Waals surface area contributed by atoms with Crippen molar-refractivity contribution in [2.45, 2.75) is 72.0 Å². The minimum Gasteiger partial charge on any atom is -0.480 e. The average molecular weight is 272 g/mol. The highest BCUT2D eigenvalue weighted by Crippen LogP contribution is 2.20. The fraction of sp³-hybridized carbons (Fsp3) is 0.933. The molecule has 0 bridgehead atoms. The normalized spacial score (nSPS) is 18.4. The molecule has 4 heteroatoms. The molecule has 0 radical (unpaired) electrons. The minimum atomic E-state index is -0.847. The van der Waals surface area contributed by atoms with Crippen LogP contribution in [0, 0.1) is 5.92 Å². The minimum absolute atomic E-state index is 0.225. The summed E-state index contributed by atoms with van der Waals surface area (Å²) in [5, 5.41) is 12.6. The van der Waals surface area contributed by atoms with E-state index >= 15 is 0 Å². The van der Waals surface area contributed by atoms with Crippen LogP contribution < -0.4 is 5.32 Å². The molecule has 0 spiro atoms. The van der Waals surface area contributed by atoms with Gasteiger partial charge >= 0.3 is 5.97 Å². The van der Waals surface area contributed by atoms with E-state index in [-0.39, 0.29) is 6.04 Å². The highest BCUT2D eigenvalue weighted by Gasteiger charge is 2.35. The lowest BCUT2D eigenvalue weighted by Crippen LogP contribution is -2.54. The number of rotatable bonds is 9. The maximum atomic E-state index is 11.5. The van der Waals surface area contributed by atoms with Gasteiger partial charge < -0.3 is 15.3 Å². The van der Waals surface area contributed by atoms with E-state index < -0.39 is 11.5 Å². The summed E-state index contributed by atoms with van der Waals surface area (Å²) in [4.78, 5) is 13.8. The molecule has 3 unspecified atom stereocenters. The Hall–Kier alpha value is -0.610. The SMILES string of the molecule is CCCNC(C)(CC(C)N(C)C(C)C(C)C)C(=O)O. The molecule has 0 aromatic heterocycles. The van der Waals surface area contributed by atoms with Gasteiger partial charge in [0.15, 0.2) is 0 Å². The van der Waals surface area contributed by atoms with E-state index in [1.807, 2.05) is 6.92 Å². The van der Waals surface area contributed by atoms with E-state index in [4.69, 9.17) is 0 Å². The lowest BCUT2D eigenvalue weighted by molar-refractivity contribution is -0.145. The van der Waals surface area contributed by atoms with Crippen LogP contribution in [0.4, 0.5) is 0 Å². The summed E-state index contributed by atoms with van der Waals surface area (Å²) in [6.07, 6.45) is 1.55. The summed E-state index contributed by atoms with van der Waals surface area (Å²) in [5.74, 6) is -0.203. The smallest absolute Gasteiger partial charge is 0.323 e. The lowest BCUT2D eigenvalue weighted by Gasteiger charge is -2.37. The van der Waals surface area contributed by atoms with Crippen LogP contribution in [0.25, 0.3) is 0 Å². The molecular weight excluding hydrogens is 240 g/mol. The average Bonchev–Trinajstić information content (AvgIpc) is 2.33. The highest BCUT2D eigenvalue weighted by atomic mass is 16.4. The zero-order valence-corrected chi connectivity index (χ0v) is 13.7. The maximum absolute atomic E-state index is 11.5. The van der Waals surface area contributed by atoms with Gasteiger partial charge in [0.1, 0.15) is 5.54 Å². The molecule has 0 saturated heterocycles. The van der Waals surface area contributed by atoms with E-state index in [9.17, 15) is 9.90 Å². The molecule has 0 aliphatic carbocycles. The molecule has 3 atom stereocenters. The van der Waals surface area contributed by atoms with E-state index in [0.29, 0.717) is 18.4 Å². The Balaban J connectivity index is 4.71. The van der Waals surface area contributed by atoms with Crippen molar-refractivity contribution in [3.63, 3.8) is 0 Å². The number of nitrogens with zero attached hydrogens (tertiary/aromatic N) is 1. The van der Waals surface area contributed by atoms with Crippen molar-refractivity contribution in [3.05, 3.63) is 0 Å². The zero-order valence-electron chi connectivity index (χ0n) is 13.7. The van der Waals surface area contributed by atoms with Crippen LogP contribution in [-0.4, -0.2) is 47.2 Å². The molecular formula is C15H32N2O2. The standard InChI is InChI=1S/C15H32N2O2/c1-8-9-16-15(6,14(18)19)10-12(4)17(7)13(5)11(2)3/h11-13,16H,8-10H2,1-7H3,(H,18,19). The van der Waals surface area contributed by atoms with Crippen molar-refractivity contribution in [1.82, 2.24) is 10.2 Å². The van der Waals surface area contributed by atoms with Gasteiger partial charge in [0, 0.05) is 12.1 Å². The van der Waals surface area contributed by atoms with E-state index in [2.05, 4.69) is 45.0 Å². The molecule has 4 nitrogen and oxygen atoms in total. The van der Waals surface area contributed by atoms with E-state index in [1.54, 1.807) is 6.92 Å². The number of nitrogens with one attached hydrogen (secondary N) is 1. The highest BCUT2D eigenvalue weighted by molar-refractivity contribution is 5.78. The summed E-state index contributed by atoms with van der Waals surface area (Å²) < 4.78 is 0. The molecule has 2 N–H and O–H groups in total. The topological polar surface area (TPSA) is 52.6 Å². The van der Waals surface area contributed by atoms with Crippen molar-refractivity contribution in [3.8, 4) is 0 Å². The van der Waals surface area contributed by atoms with E-state index in [1.165, 1.54) is 0 Å². The Bertz CT molecular complexity index is 281. The number of carbonyl (C=O) groups is 1. The molecule has 0 aliphatic rings. The van der Waals surface area contributed by atoms with Gasteiger partial charge in [-0.15, -0.1) is 0 Å². The van der Waals surface area contributed by atoms with Crippen LogP contribution in [0.3, 0.4) is 0 Å². The van der Waals surface area contributed by atoms with Crippen LogP contribution in [0.2, 0.25) is 0 Å². The van der Waals surface area contributed by atoms with E-state index in [0.717, 1.165) is 13.0 Å². The summed E-state index contributed by atoms with van der Waals surface area (Å²) in [6.45, 7) is 13.3. The van der Waals surface area contributed by atoms with Crippen molar-refractivity contribution in [1.29, 1.82) is 0 Å². The second kappa shape index (κ2) is 7.85. The summed E-state index contributed by atoms with van der Waals surface area (Å²) in [5.41, 5.74) is -0.847. The van der Waals surface area contributed by atoms with Gasteiger partial charge in [0.2, 0.25) is 0 Å². The molecule has 0 rings (SSSR count). The molecule has 0 aliphatic heterocycles. The monoisotopic (exact) mass is 272 g/mol. The first-order valence-electron chi connectivity index (χ1n) is 7.36. The van der Waals surface area contributed by atoms with Crippen LogP contribution >= 0.6 is 0 Å². The summed E-state index contributed by atoms with van der Waals surface area (Å²) in [7, 11) is 2.08. The third kappa shape index (κ3) is 5.49. The number of carboxylic acid groups (broad SMARTS) is 1. The fourth-order valence-corrected chi connectivity index (χ4v) is 2.24. The van der Waals surface area contributed by atoms with Crippen LogP contribution in [0.5, 0.6) is 0 Å². The molecule has 0 heterocycles. The van der Waals surface area contributed by atoms with Gasteiger partial charge in [0.05, 0.1) is 0 Å². The molecule has 0 amide bonds. The second-order valence-corrected chi connectivity index (χ2v) is 6.27. The second-order valence-electron chi connectivity index (χ2n) is 6.27. The third-order valence-corrected chi connectivity index (χ3v) is 4.24. The summed E-state index contributed by atoms with van der Waals surface area (Å²) in [6, 6.07) is 0.669. The Labute approximate surface area is 118 Å². The number of carboxylic acids is 1. The molecule has 0 aromatic rings. The Morgan fingerprint density at radius 3 is 2.21 bits per heavy atom. The molecule has 19 heavy (non-hydrogen) atoms. The molecule has 114 valence electrons. The predicted molar refractivity (Wildman–Crippen MR) is 80.5 cm³/mol. The quantitative estimate of drug-likeness (QED) is 0.677. The van der Waals surface area contributed by atoms with Crippen molar-refractivity contribution in [2.75, 3.05) is 13.6 Å². The van der Waals surface area contributed by atoms with Crippen LogP contribution in [0.15, 0.2) is 0 Å². The molecule has 0 aromatic carbocycles. The van der Waals surface area contributed by atoms with Crippen molar-refractivity contribution >= 4 is 5.97 Å². The predicted octanol–water partition coefficient (Wildman–Crippen LogP) is 2.58. The van der Waals surface area contributed by atoms with Gasteiger partial charge in [-0.25, -0.2) is 0 Å². The van der Waals surface area contributed by atoms with Crippen molar-refractivity contribution in [2.24, 2.45) is 5.92 Å². The zero-order chi connectivity index (χ0) is 15.2. The Morgan fingerprint density at radius 2 is 1.84 bits per heavy atom. The van der Waals surface area contributed by atoms with Crippen LogP contribution in [0.1, 0.15) is 54.4 Å². The first-order chi connectivity index (χ1) is 8.65. The van der Waals surface area contributed by atoms with Gasteiger partial charge in [0.25, 0.3) is 0 Å². The fourth-order valence-electron chi connectivity index (χ4n) is 2.24. The summed E-state index contributed by atoms with van der Waals surface area (Å²) >= 11 is 0. The van der Waals surface area contributed by atoms with Gasteiger partial charge in [-0.2, -0.15) is 0 Å². The maximum Gasteiger partial charge on any atom is 0.323 e. The molecule has 0 saturated carbocycles. The van der Waals surface area contributed by atoms with Gasteiger partial charge in [-0.1, -0.05) is 20.8 Å². The van der Waals surface area contributed by atoms with Crippen LogP contribution in [-0.2, 0) is 4.79 Å². The van der Waals surface area contributed by atoms with Crippen molar-refractivity contribution < 1.29 is 9.90 Å². The number of aliphatic carboxylic acids is 1. The molecule has 0 fully saturated rings. The Kier molecular flexibility index (Phi) is 7.60. The van der Waals surface area contributed by atoms with Gasteiger partial charge in [-0.3, -0.25) is 4.79 Å². The first kappa shape index (κ1) is 18.4. The Morgan fingerprint density at radius 1 is 1.32 bits per heavy atom. The first-order valence-corrected chi connectivity index (χ1v) is 7.36. The third-order valence-electron chi connectivity index (χ3n) is 4.24. The number of hydrogen-bond acceptors (Lipinski definition) is 3.